The molecule has 1 heterocycles. The van der Waals surface area contributed by atoms with E-state index >= 15 is 0 Å². The Hall–Kier alpha value is -2.58. The molecule has 1 aliphatic rings. The number of rotatable bonds is 8. The molecule has 0 unspecified atom stereocenters. The van der Waals surface area contributed by atoms with Gasteiger partial charge < -0.3 is 14.8 Å². The topological polar surface area (TPSA) is 84.9 Å². The summed E-state index contributed by atoms with van der Waals surface area (Å²) in [6.07, 6.45) is 1.82. The zero-order chi connectivity index (χ0) is 21.7. The van der Waals surface area contributed by atoms with Crippen LogP contribution in [0.3, 0.4) is 0 Å². The minimum atomic E-state index is -3.31. The summed E-state index contributed by atoms with van der Waals surface area (Å²) in [5, 5.41) is 2.95. The standard InChI is InChI=1S/C22H28N2O5S/c1-16(20-14-19(28-2)10-11-21(20)29-3)23-22(25)18-8-6-17(7-9-18)15-30(26,27)24-12-4-5-13-24/h6-11,14,16H,4-5,12-13,15H2,1-3H3,(H,23,25)/t16-/m0/s1. The molecular formula is C22H28N2O5S. The van der Waals surface area contributed by atoms with Crippen LogP contribution in [0.1, 0.15) is 47.3 Å². The molecule has 30 heavy (non-hydrogen) atoms. The second-order valence-corrected chi connectivity index (χ2v) is 9.33. The summed E-state index contributed by atoms with van der Waals surface area (Å²) in [5.41, 5.74) is 1.94. The molecule has 1 saturated heterocycles. The van der Waals surface area contributed by atoms with Crippen molar-refractivity contribution in [3.8, 4) is 11.5 Å². The van der Waals surface area contributed by atoms with E-state index in [0.29, 0.717) is 35.7 Å². The highest BCUT2D eigenvalue weighted by Crippen LogP contribution is 2.29. The quantitative estimate of drug-likeness (QED) is 0.693. The van der Waals surface area contributed by atoms with E-state index in [0.717, 1.165) is 18.4 Å². The molecule has 3 rings (SSSR count). The van der Waals surface area contributed by atoms with Crippen LogP contribution in [0.15, 0.2) is 42.5 Å². The normalized spacial score (nSPS) is 15.6. The molecule has 0 spiro atoms. The largest absolute Gasteiger partial charge is 0.497 e. The van der Waals surface area contributed by atoms with Gasteiger partial charge in [-0.25, -0.2) is 12.7 Å². The van der Waals surface area contributed by atoms with Gasteiger partial charge in [0.2, 0.25) is 10.0 Å². The molecule has 0 aliphatic carbocycles. The van der Waals surface area contributed by atoms with Gasteiger partial charge in [0.25, 0.3) is 5.91 Å². The van der Waals surface area contributed by atoms with Crippen molar-refractivity contribution in [2.45, 2.75) is 31.6 Å². The van der Waals surface area contributed by atoms with Crippen LogP contribution in [0.2, 0.25) is 0 Å². The molecular weight excluding hydrogens is 404 g/mol. The lowest BCUT2D eigenvalue weighted by Gasteiger charge is -2.18. The lowest BCUT2D eigenvalue weighted by Crippen LogP contribution is -2.29. The van der Waals surface area contributed by atoms with Gasteiger partial charge in [-0.1, -0.05) is 12.1 Å². The first-order valence-corrected chi connectivity index (χ1v) is 11.5. The molecule has 2 aromatic carbocycles. The number of ether oxygens (including phenoxy) is 2. The summed E-state index contributed by atoms with van der Waals surface area (Å²) < 4.78 is 37.1. The van der Waals surface area contributed by atoms with Crippen LogP contribution in [0.25, 0.3) is 0 Å². The molecule has 0 saturated carbocycles. The van der Waals surface area contributed by atoms with Crippen LogP contribution >= 0.6 is 0 Å². The van der Waals surface area contributed by atoms with Crippen LogP contribution < -0.4 is 14.8 Å². The van der Waals surface area contributed by atoms with Gasteiger partial charge in [-0.2, -0.15) is 0 Å². The number of sulfonamides is 1. The number of hydrogen-bond acceptors (Lipinski definition) is 5. The Kier molecular flexibility index (Phi) is 6.99. The fourth-order valence-corrected chi connectivity index (χ4v) is 5.17. The van der Waals surface area contributed by atoms with Crippen molar-refractivity contribution in [2.75, 3.05) is 27.3 Å². The number of carbonyl (C=O) groups excluding carboxylic acids is 1. The lowest BCUT2D eigenvalue weighted by molar-refractivity contribution is 0.0939. The molecule has 0 radical (unpaired) electrons. The highest BCUT2D eigenvalue weighted by atomic mass is 32.2. The minimum Gasteiger partial charge on any atom is -0.497 e. The monoisotopic (exact) mass is 432 g/mol. The Morgan fingerprint density at radius 2 is 1.73 bits per heavy atom. The predicted octanol–water partition coefficient (Wildman–Crippen LogP) is 3.12. The number of nitrogens with zero attached hydrogens (tertiary/aromatic N) is 1. The molecule has 1 N–H and O–H groups in total. The number of methoxy groups -OCH3 is 2. The number of benzene rings is 2. The highest BCUT2D eigenvalue weighted by Gasteiger charge is 2.25. The second kappa shape index (κ2) is 9.49. The third kappa shape index (κ3) is 5.12. The van der Waals surface area contributed by atoms with Crippen LogP contribution in [0.5, 0.6) is 11.5 Å². The maximum atomic E-state index is 12.7. The number of amides is 1. The zero-order valence-electron chi connectivity index (χ0n) is 17.6. The van der Waals surface area contributed by atoms with Gasteiger partial charge in [0.1, 0.15) is 11.5 Å². The summed E-state index contributed by atoms with van der Waals surface area (Å²) in [5.74, 6) is 1.04. The molecule has 8 heteroatoms. The Labute approximate surface area is 178 Å². The first-order valence-electron chi connectivity index (χ1n) is 9.93. The van der Waals surface area contributed by atoms with Gasteiger partial charge in [-0.05, 0) is 55.7 Å². The van der Waals surface area contributed by atoms with E-state index in [1.807, 2.05) is 13.0 Å². The van der Waals surface area contributed by atoms with E-state index in [4.69, 9.17) is 9.47 Å². The van der Waals surface area contributed by atoms with Gasteiger partial charge in [-0.15, -0.1) is 0 Å². The predicted molar refractivity (Wildman–Crippen MR) is 115 cm³/mol. The van der Waals surface area contributed by atoms with E-state index in [9.17, 15) is 13.2 Å². The average Bonchev–Trinajstić information content (AvgIpc) is 3.29. The summed E-state index contributed by atoms with van der Waals surface area (Å²) in [4.78, 5) is 12.7. The van der Waals surface area contributed by atoms with Crippen molar-refractivity contribution < 1.29 is 22.7 Å². The van der Waals surface area contributed by atoms with E-state index in [-0.39, 0.29) is 17.7 Å². The van der Waals surface area contributed by atoms with Crippen molar-refractivity contribution in [3.05, 3.63) is 59.2 Å². The molecule has 2 aromatic rings. The zero-order valence-corrected chi connectivity index (χ0v) is 18.4. The van der Waals surface area contributed by atoms with Gasteiger partial charge in [0.15, 0.2) is 0 Å². The number of nitrogens with one attached hydrogen (secondary N) is 1. The molecule has 0 aromatic heterocycles. The first-order chi connectivity index (χ1) is 14.3. The maximum absolute atomic E-state index is 12.7. The molecule has 162 valence electrons. The third-order valence-electron chi connectivity index (χ3n) is 5.27. The fourth-order valence-electron chi connectivity index (χ4n) is 3.56. The van der Waals surface area contributed by atoms with Gasteiger partial charge in [-0.3, -0.25) is 4.79 Å². The third-order valence-corrected chi connectivity index (χ3v) is 7.12. The van der Waals surface area contributed by atoms with Crippen LogP contribution in [0, 0.1) is 0 Å². The first kappa shape index (κ1) is 22.1. The molecule has 1 amide bonds. The molecule has 1 fully saturated rings. The SMILES string of the molecule is COc1ccc(OC)c([C@H](C)NC(=O)c2ccc(CS(=O)(=O)N3CCCC3)cc2)c1. The van der Waals surface area contributed by atoms with Crippen molar-refractivity contribution >= 4 is 15.9 Å². The molecule has 0 bridgehead atoms. The van der Waals surface area contributed by atoms with Crippen LogP contribution in [0.4, 0.5) is 0 Å². The number of hydrogen-bond donors (Lipinski definition) is 1. The Morgan fingerprint density at radius 3 is 2.33 bits per heavy atom. The summed E-state index contributed by atoms with van der Waals surface area (Å²) in [7, 11) is -0.147. The average molecular weight is 433 g/mol. The maximum Gasteiger partial charge on any atom is 0.251 e. The van der Waals surface area contributed by atoms with Gasteiger partial charge >= 0.3 is 0 Å². The van der Waals surface area contributed by atoms with Crippen molar-refractivity contribution in [3.63, 3.8) is 0 Å². The van der Waals surface area contributed by atoms with Crippen molar-refractivity contribution in [1.29, 1.82) is 0 Å². The van der Waals surface area contributed by atoms with E-state index in [1.165, 1.54) is 4.31 Å². The summed E-state index contributed by atoms with van der Waals surface area (Å²) in [6.45, 7) is 3.05. The molecule has 1 atom stereocenters. The molecule has 7 nitrogen and oxygen atoms in total. The summed E-state index contributed by atoms with van der Waals surface area (Å²) >= 11 is 0. The van der Waals surface area contributed by atoms with Crippen LogP contribution in [-0.4, -0.2) is 45.9 Å². The Morgan fingerprint density at radius 1 is 1.07 bits per heavy atom. The second-order valence-electron chi connectivity index (χ2n) is 7.36. The van der Waals surface area contributed by atoms with Gasteiger partial charge in [0, 0.05) is 24.2 Å². The van der Waals surface area contributed by atoms with E-state index in [2.05, 4.69) is 5.32 Å². The Balaban J connectivity index is 1.67. The van der Waals surface area contributed by atoms with Crippen molar-refractivity contribution in [2.24, 2.45) is 0 Å². The lowest BCUT2D eigenvalue weighted by atomic mass is 10.1. The van der Waals surface area contributed by atoms with Gasteiger partial charge in [0.05, 0.1) is 26.0 Å². The summed E-state index contributed by atoms with van der Waals surface area (Å²) in [6, 6.07) is 11.8. The smallest absolute Gasteiger partial charge is 0.251 e. The highest BCUT2D eigenvalue weighted by molar-refractivity contribution is 7.88. The van der Waals surface area contributed by atoms with E-state index in [1.54, 1.807) is 50.6 Å². The van der Waals surface area contributed by atoms with E-state index < -0.39 is 10.0 Å². The molecule has 1 aliphatic heterocycles. The van der Waals surface area contributed by atoms with Crippen LogP contribution in [-0.2, 0) is 15.8 Å². The minimum absolute atomic E-state index is 0.0493. The fraction of sp³-hybridized carbons (Fsp3) is 0.409. The number of carbonyl (C=O) groups is 1. The Bertz CT molecular complexity index is 983. The van der Waals surface area contributed by atoms with Crippen molar-refractivity contribution in [1.82, 2.24) is 9.62 Å².